The molecule has 0 aliphatic carbocycles. The summed E-state index contributed by atoms with van der Waals surface area (Å²) in [5.74, 6) is 0.132. The maximum Gasteiger partial charge on any atom is 0.416 e. The summed E-state index contributed by atoms with van der Waals surface area (Å²) < 4.78 is 37.0. The monoisotopic (exact) mass is 253 g/mol. The molecule has 0 amide bonds. The first-order valence-electron chi connectivity index (χ1n) is 5.18. The first-order chi connectivity index (χ1) is 8.45. The van der Waals surface area contributed by atoms with Gasteiger partial charge < -0.3 is 10.4 Å². The second-order valence-corrected chi connectivity index (χ2v) is 3.75. The number of hydrogen-bond donors (Lipinski definition) is 2. The Labute approximate surface area is 102 Å². The third-order valence-electron chi connectivity index (χ3n) is 2.37. The standard InChI is InChI=1S/C13H10F3NO/c14-13(15,16)9-1-3-10(4-2-9)17-11-5-7-12(18)8-6-11/h1-8,17-18H. The maximum absolute atomic E-state index is 12.3. The Bertz CT molecular complexity index is 517. The summed E-state index contributed by atoms with van der Waals surface area (Å²) in [5, 5.41) is 12.0. The fourth-order valence-corrected chi connectivity index (χ4v) is 1.45. The third-order valence-corrected chi connectivity index (χ3v) is 2.37. The van der Waals surface area contributed by atoms with Gasteiger partial charge in [-0.05, 0) is 48.5 Å². The topological polar surface area (TPSA) is 32.3 Å². The van der Waals surface area contributed by atoms with E-state index in [9.17, 15) is 13.2 Å². The minimum absolute atomic E-state index is 0.132. The van der Waals surface area contributed by atoms with E-state index in [1.165, 1.54) is 24.3 Å². The fraction of sp³-hybridized carbons (Fsp3) is 0.0769. The van der Waals surface area contributed by atoms with Crippen LogP contribution in [-0.2, 0) is 6.18 Å². The zero-order valence-corrected chi connectivity index (χ0v) is 9.20. The molecule has 0 fully saturated rings. The molecule has 0 bridgehead atoms. The third kappa shape index (κ3) is 2.94. The van der Waals surface area contributed by atoms with Crippen LogP contribution in [0.25, 0.3) is 0 Å². The molecule has 0 aromatic heterocycles. The molecule has 0 saturated carbocycles. The van der Waals surface area contributed by atoms with Crippen LogP contribution in [0.3, 0.4) is 0 Å². The number of benzene rings is 2. The van der Waals surface area contributed by atoms with E-state index in [1.807, 2.05) is 0 Å². The molecule has 0 heterocycles. The van der Waals surface area contributed by atoms with E-state index in [0.29, 0.717) is 11.4 Å². The van der Waals surface area contributed by atoms with Crippen LogP contribution in [0.2, 0.25) is 0 Å². The maximum atomic E-state index is 12.3. The van der Waals surface area contributed by atoms with Crippen molar-refractivity contribution in [1.82, 2.24) is 0 Å². The predicted molar refractivity (Wildman–Crippen MR) is 62.8 cm³/mol. The first-order valence-corrected chi connectivity index (χ1v) is 5.18. The minimum Gasteiger partial charge on any atom is -0.508 e. The summed E-state index contributed by atoms with van der Waals surface area (Å²) in [4.78, 5) is 0. The van der Waals surface area contributed by atoms with E-state index < -0.39 is 11.7 Å². The van der Waals surface area contributed by atoms with Crippen molar-refractivity contribution in [3.63, 3.8) is 0 Å². The van der Waals surface area contributed by atoms with E-state index in [-0.39, 0.29) is 5.75 Å². The lowest BCUT2D eigenvalue weighted by atomic mass is 10.2. The number of aromatic hydroxyl groups is 1. The molecule has 2 aromatic rings. The number of rotatable bonds is 2. The van der Waals surface area contributed by atoms with Gasteiger partial charge in [0.15, 0.2) is 0 Å². The highest BCUT2D eigenvalue weighted by molar-refractivity contribution is 5.60. The van der Waals surface area contributed by atoms with Crippen LogP contribution in [0.5, 0.6) is 5.75 Å². The average Bonchev–Trinajstić information content (AvgIpc) is 2.32. The second kappa shape index (κ2) is 4.60. The Morgan fingerprint density at radius 3 is 1.67 bits per heavy atom. The van der Waals surface area contributed by atoms with Crippen molar-refractivity contribution in [1.29, 1.82) is 0 Å². The van der Waals surface area contributed by atoms with Gasteiger partial charge >= 0.3 is 6.18 Å². The molecular formula is C13H10F3NO. The summed E-state index contributed by atoms with van der Waals surface area (Å²) in [7, 11) is 0. The number of anilines is 2. The summed E-state index contributed by atoms with van der Waals surface area (Å²) in [6, 6.07) is 11.0. The molecule has 0 aliphatic rings. The average molecular weight is 253 g/mol. The lowest BCUT2D eigenvalue weighted by molar-refractivity contribution is -0.137. The molecule has 2 aromatic carbocycles. The van der Waals surface area contributed by atoms with Crippen LogP contribution in [-0.4, -0.2) is 5.11 Å². The largest absolute Gasteiger partial charge is 0.508 e. The van der Waals surface area contributed by atoms with Gasteiger partial charge in [-0.1, -0.05) is 0 Å². The first kappa shape index (κ1) is 12.3. The van der Waals surface area contributed by atoms with E-state index in [0.717, 1.165) is 12.1 Å². The Balaban J connectivity index is 2.13. The lowest BCUT2D eigenvalue weighted by Gasteiger charge is -2.09. The van der Waals surface area contributed by atoms with Gasteiger partial charge in [0.1, 0.15) is 5.75 Å². The number of alkyl halides is 3. The molecule has 2 nitrogen and oxygen atoms in total. The smallest absolute Gasteiger partial charge is 0.416 e. The van der Waals surface area contributed by atoms with Crippen molar-refractivity contribution >= 4 is 11.4 Å². The molecule has 0 aliphatic heterocycles. The van der Waals surface area contributed by atoms with Crippen LogP contribution < -0.4 is 5.32 Å². The van der Waals surface area contributed by atoms with Crippen LogP contribution >= 0.6 is 0 Å². The summed E-state index contributed by atoms with van der Waals surface area (Å²) in [6.45, 7) is 0. The molecular weight excluding hydrogens is 243 g/mol. The van der Waals surface area contributed by atoms with Crippen LogP contribution in [0.4, 0.5) is 24.5 Å². The molecule has 0 saturated heterocycles. The number of phenolic OH excluding ortho intramolecular Hbond substituents is 1. The van der Waals surface area contributed by atoms with Crippen molar-refractivity contribution in [2.75, 3.05) is 5.32 Å². The fourth-order valence-electron chi connectivity index (χ4n) is 1.45. The Morgan fingerprint density at radius 2 is 1.22 bits per heavy atom. The summed E-state index contributed by atoms with van der Waals surface area (Å²) in [6.07, 6.45) is -4.32. The Hall–Kier alpha value is -2.17. The highest BCUT2D eigenvalue weighted by atomic mass is 19.4. The molecule has 0 spiro atoms. The minimum atomic E-state index is -4.32. The molecule has 0 unspecified atom stereocenters. The highest BCUT2D eigenvalue weighted by Gasteiger charge is 2.29. The zero-order valence-electron chi connectivity index (χ0n) is 9.20. The Kier molecular flexibility index (Phi) is 3.14. The number of halogens is 3. The van der Waals surface area contributed by atoms with Gasteiger partial charge in [0.2, 0.25) is 0 Å². The molecule has 94 valence electrons. The number of nitrogens with one attached hydrogen (secondary N) is 1. The van der Waals surface area contributed by atoms with Crippen molar-refractivity contribution in [3.8, 4) is 5.75 Å². The van der Waals surface area contributed by atoms with Crippen LogP contribution in [0.1, 0.15) is 5.56 Å². The van der Waals surface area contributed by atoms with Crippen molar-refractivity contribution < 1.29 is 18.3 Å². The van der Waals surface area contributed by atoms with E-state index in [1.54, 1.807) is 12.1 Å². The van der Waals surface area contributed by atoms with E-state index in [2.05, 4.69) is 5.32 Å². The van der Waals surface area contributed by atoms with Gasteiger partial charge in [0.25, 0.3) is 0 Å². The van der Waals surface area contributed by atoms with Crippen LogP contribution in [0, 0.1) is 0 Å². The zero-order chi connectivity index (χ0) is 13.2. The van der Waals surface area contributed by atoms with E-state index >= 15 is 0 Å². The van der Waals surface area contributed by atoms with Gasteiger partial charge in [-0.25, -0.2) is 0 Å². The molecule has 18 heavy (non-hydrogen) atoms. The molecule has 0 atom stereocenters. The van der Waals surface area contributed by atoms with Gasteiger partial charge in [-0.2, -0.15) is 13.2 Å². The van der Waals surface area contributed by atoms with Gasteiger partial charge in [0, 0.05) is 11.4 Å². The van der Waals surface area contributed by atoms with Gasteiger partial charge in [-0.3, -0.25) is 0 Å². The molecule has 5 heteroatoms. The summed E-state index contributed by atoms with van der Waals surface area (Å²) >= 11 is 0. The van der Waals surface area contributed by atoms with Crippen molar-refractivity contribution in [3.05, 3.63) is 54.1 Å². The van der Waals surface area contributed by atoms with Gasteiger partial charge in [-0.15, -0.1) is 0 Å². The molecule has 2 N–H and O–H groups in total. The molecule has 0 radical (unpaired) electrons. The van der Waals surface area contributed by atoms with E-state index in [4.69, 9.17) is 5.11 Å². The highest BCUT2D eigenvalue weighted by Crippen LogP contribution is 2.30. The predicted octanol–water partition coefficient (Wildman–Crippen LogP) is 4.15. The van der Waals surface area contributed by atoms with Crippen LogP contribution in [0.15, 0.2) is 48.5 Å². The second-order valence-electron chi connectivity index (χ2n) is 3.75. The SMILES string of the molecule is Oc1ccc(Nc2ccc(C(F)(F)F)cc2)cc1. The van der Waals surface area contributed by atoms with Gasteiger partial charge in [0.05, 0.1) is 5.56 Å². The quantitative estimate of drug-likeness (QED) is 0.788. The lowest BCUT2D eigenvalue weighted by Crippen LogP contribution is -2.04. The van der Waals surface area contributed by atoms with Crippen molar-refractivity contribution in [2.24, 2.45) is 0 Å². The van der Waals surface area contributed by atoms with Crippen molar-refractivity contribution in [2.45, 2.75) is 6.18 Å². The Morgan fingerprint density at radius 1 is 0.778 bits per heavy atom. The summed E-state index contributed by atoms with van der Waals surface area (Å²) in [5.41, 5.74) is 0.556. The number of phenols is 1. The molecule has 2 rings (SSSR count). The normalized spacial score (nSPS) is 11.3. The number of hydrogen-bond acceptors (Lipinski definition) is 2.